The number of thioether (sulfide) groups is 1. The Balaban J connectivity index is 1.65. The van der Waals surface area contributed by atoms with E-state index < -0.39 is 0 Å². The van der Waals surface area contributed by atoms with Gasteiger partial charge in [0.05, 0.1) is 11.1 Å². The van der Waals surface area contributed by atoms with Crippen LogP contribution in [0.15, 0.2) is 52.3 Å². The average molecular weight is 430 g/mol. The van der Waals surface area contributed by atoms with E-state index in [0.717, 1.165) is 22.1 Å². The number of fused-ring (bicyclic) bond motifs is 1. The minimum absolute atomic E-state index is 0.166. The molecule has 4 rings (SSSR count). The van der Waals surface area contributed by atoms with Crippen LogP contribution in [0.4, 0.5) is 0 Å². The highest BCUT2D eigenvalue weighted by Gasteiger charge is 2.16. The zero-order valence-electron chi connectivity index (χ0n) is 15.0. The fraction of sp³-hybridized carbons (Fsp3) is 0.158. The summed E-state index contributed by atoms with van der Waals surface area (Å²) in [5.41, 5.74) is 1.47. The zero-order valence-corrected chi connectivity index (χ0v) is 17.4. The van der Waals surface area contributed by atoms with Crippen molar-refractivity contribution in [3.63, 3.8) is 0 Å². The topological polar surface area (TPSA) is 76.5 Å². The Kier molecular flexibility index (Phi) is 5.34. The molecule has 0 atom stereocenters. The van der Waals surface area contributed by atoms with Gasteiger partial charge in [-0.3, -0.25) is 4.79 Å². The standard InChI is InChI=1S/C19H16ClN5OS2/c1-3-8-25-11(2)23-24-19(25)28-10-15-21-17(26)16-13(9-27-18(16)22-15)12-6-4-5-7-14(12)20/h3-7,9H,1,8,10H2,2H3,(H,21,22,26). The van der Waals surface area contributed by atoms with E-state index in [9.17, 15) is 4.79 Å². The third kappa shape index (κ3) is 3.50. The number of nitrogens with zero attached hydrogens (tertiary/aromatic N) is 4. The van der Waals surface area contributed by atoms with Crippen LogP contribution in [0.1, 0.15) is 11.6 Å². The first kappa shape index (κ1) is 18.9. The van der Waals surface area contributed by atoms with Gasteiger partial charge >= 0.3 is 0 Å². The number of thiophene rings is 1. The lowest BCUT2D eigenvalue weighted by Gasteiger charge is -2.05. The minimum Gasteiger partial charge on any atom is -0.309 e. The quantitative estimate of drug-likeness (QED) is 0.355. The van der Waals surface area contributed by atoms with Crippen LogP contribution in [0, 0.1) is 6.92 Å². The molecular formula is C19H16ClN5OS2. The molecule has 0 amide bonds. The molecule has 0 aliphatic heterocycles. The van der Waals surface area contributed by atoms with Crippen LogP contribution in [0.25, 0.3) is 21.3 Å². The van der Waals surface area contributed by atoms with E-state index in [4.69, 9.17) is 11.6 Å². The molecule has 0 radical (unpaired) electrons. The number of halogens is 1. The summed E-state index contributed by atoms with van der Waals surface area (Å²) >= 11 is 9.22. The van der Waals surface area contributed by atoms with Gasteiger partial charge in [-0.2, -0.15) is 0 Å². The van der Waals surface area contributed by atoms with Gasteiger partial charge in [0.25, 0.3) is 5.56 Å². The van der Waals surface area contributed by atoms with Gasteiger partial charge in [-0.15, -0.1) is 28.1 Å². The molecule has 0 fully saturated rings. The van der Waals surface area contributed by atoms with E-state index in [1.807, 2.05) is 41.1 Å². The third-order valence-corrected chi connectivity index (χ3v) is 6.39. The lowest BCUT2D eigenvalue weighted by Crippen LogP contribution is -2.11. The number of nitrogens with one attached hydrogen (secondary N) is 1. The summed E-state index contributed by atoms with van der Waals surface area (Å²) in [4.78, 5) is 21.0. The highest BCUT2D eigenvalue weighted by Crippen LogP contribution is 2.35. The molecule has 0 spiro atoms. The summed E-state index contributed by atoms with van der Waals surface area (Å²) in [7, 11) is 0. The Morgan fingerprint density at radius 2 is 2.14 bits per heavy atom. The molecule has 28 heavy (non-hydrogen) atoms. The summed E-state index contributed by atoms with van der Waals surface area (Å²) in [6.45, 7) is 6.29. The number of hydrogen-bond acceptors (Lipinski definition) is 6. The van der Waals surface area contributed by atoms with Crippen LogP contribution in [-0.2, 0) is 12.3 Å². The first-order chi connectivity index (χ1) is 13.6. The van der Waals surface area contributed by atoms with Gasteiger partial charge in [0.2, 0.25) is 0 Å². The number of aromatic nitrogens is 5. The summed E-state index contributed by atoms with van der Waals surface area (Å²) in [5, 5.41) is 12.2. The maximum Gasteiger partial charge on any atom is 0.260 e. The van der Waals surface area contributed by atoms with Crippen LogP contribution in [0.5, 0.6) is 0 Å². The van der Waals surface area contributed by atoms with Crippen LogP contribution in [0.2, 0.25) is 5.02 Å². The fourth-order valence-electron chi connectivity index (χ4n) is 2.88. The van der Waals surface area contributed by atoms with Crippen molar-refractivity contribution < 1.29 is 0 Å². The van der Waals surface area contributed by atoms with Crippen molar-refractivity contribution in [2.24, 2.45) is 0 Å². The summed E-state index contributed by atoms with van der Waals surface area (Å²) < 4.78 is 1.97. The molecule has 142 valence electrons. The molecule has 0 aliphatic carbocycles. The van der Waals surface area contributed by atoms with Gasteiger partial charge in [0.1, 0.15) is 16.5 Å². The molecule has 0 saturated heterocycles. The lowest BCUT2D eigenvalue weighted by molar-refractivity contribution is 0.703. The largest absolute Gasteiger partial charge is 0.309 e. The predicted octanol–water partition coefficient (Wildman–Crippen LogP) is 4.68. The molecule has 0 bridgehead atoms. The number of rotatable bonds is 6. The lowest BCUT2D eigenvalue weighted by atomic mass is 10.1. The van der Waals surface area contributed by atoms with Crippen molar-refractivity contribution in [2.45, 2.75) is 24.4 Å². The maximum atomic E-state index is 12.8. The average Bonchev–Trinajstić information content (AvgIpc) is 3.25. The van der Waals surface area contributed by atoms with Crippen molar-refractivity contribution in [1.82, 2.24) is 24.7 Å². The van der Waals surface area contributed by atoms with Gasteiger partial charge < -0.3 is 9.55 Å². The van der Waals surface area contributed by atoms with E-state index >= 15 is 0 Å². The zero-order chi connectivity index (χ0) is 19.7. The highest BCUT2D eigenvalue weighted by molar-refractivity contribution is 7.98. The number of H-pyrrole nitrogens is 1. The first-order valence-corrected chi connectivity index (χ1v) is 10.7. The van der Waals surface area contributed by atoms with E-state index in [0.29, 0.717) is 33.4 Å². The van der Waals surface area contributed by atoms with Crippen LogP contribution in [-0.4, -0.2) is 24.7 Å². The van der Waals surface area contributed by atoms with Gasteiger partial charge in [0.15, 0.2) is 5.16 Å². The molecule has 3 aromatic heterocycles. The Bertz CT molecular complexity index is 1230. The number of benzene rings is 1. The SMILES string of the molecule is C=CCn1c(C)nnc1SCc1nc2scc(-c3ccccc3Cl)c2c(=O)[nH]1. The molecular weight excluding hydrogens is 414 g/mol. The molecule has 3 heterocycles. The van der Waals surface area contributed by atoms with Crippen LogP contribution in [0.3, 0.4) is 0 Å². The van der Waals surface area contributed by atoms with Gasteiger partial charge in [-0.1, -0.05) is 47.6 Å². The van der Waals surface area contributed by atoms with Crippen LogP contribution < -0.4 is 5.56 Å². The second-order valence-electron chi connectivity index (χ2n) is 6.04. The van der Waals surface area contributed by atoms with Crippen LogP contribution >= 0.6 is 34.7 Å². The highest BCUT2D eigenvalue weighted by atomic mass is 35.5. The third-order valence-electron chi connectivity index (χ3n) is 4.21. The molecule has 0 unspecified atom stereocenters. The van der Waals surface area contributed by atoms with Gasteiger partial charge in [-0.25, -0.2) is 4.98 Å². The monoisotopic (exact) mass is 429 g/mol. The molecule has 4 aromatic rings. The Morgan fingerprint density at radius 1 is 1.32 bits per heavy atom. The molecule has 0 aliphatic rings. The van der Waals surface area contributed by atoms with E-state index in [2.05, 4.69) is 26.7 Å². The molecule has 1 aromatic carbocycles. The van der Waals surface area contributed by atoms with E-state index in [1.165, 1.54) is 23.1 Å². The Hall–Kier alpha value is -2.42. The van der Waals surface area contributed by atoms with Crippen molar-refractivity contribution >= 4 is 44.9 Å². The Morgan fingerprint density at radius 3 is 2.93 bits per heavy atom. The number of aromatic amines is 1. The van der Waals surface area contributed by atoms with Crippen molar-refractivity contribution in [3.05, 3.63) is 69.3 Å². The number of hydrogen-bond donors (Lipinski definition) is 1. The summed E-state index contributed by atoms with van der Waals surface area (Å²) in [5.74, 6) is 1.91. The summed E-state index contributed by atoms with van der Waals surface area (Å²) in [6, 6.07) is 7.49. The normalized spacial score (nSPS) is 11.2. The van der Waals surface area contributed by atoms with Crippen molar-refractivity contribution in [3.8, 4) is 11.1 Å². The van der Waals surface area contributed by atoms with Gasteiger partial charge in [0, 0.05) is 28.1 Å². The predicted molar refractivity (Wildman–Crippen MR) is 115 cm³/mol. The van der Waals surface area contributed by atoms with Crippen molar-refractivity contribution in [1.29, 1.82) is 0 Å². The maximum absolute atomic E-state index is 12.8. The second-order valence-corrected chi connectivity index (χ2v) is 8.25. The minimum atomic E-state index is -0.166. The molecule has 0 saturated carbocycles. The molecule has 9 heteroatoms. The number of aryl methyl sites for hydroxylation is 1. The smallest absolute Gasteiger partial charge is 0.260 e. The molecule has 6 nitrogen and oxygen atoms in total. The molecule has 1 N–H and O–H groups in total. The van der Waals surface area contributed by atoms with Crippen molar-refractivity contribution in [2.75, 3.05) is 0 Å². The Labute approximate surface area is 174 Å². The second kappa shape index (κ2) is 7.90. The fourth-order valence-corrected chi connectivity index (χ4v) is 4.94. The van der Waals surface area contributed by atoms with E-state index in [-0.39, 0.29) is 5.56 Å². The number of allylic oxidation sites excluding steroid dienone is 1. The first-order valence-electron chi connectivity index (χ1n) is 8.47. The summed E-state index contributed by atoms with van der Waals surface area (Å²) in [6.07, 6.45) is 1.80. The van der Waals surface area contributed by atoms with Gasteiger partial charge in [-0.05, 0) is 13.0 Å². The van der Waals surface area contributed by atoms with E-state index in [1.54, 1.807) is 6.08 Å².